The van der Waals surface area contributed by atoms with Crippen molar-refractivity contribution in [3.05, 3.63) is 59.2 Å². The van der Waals surface area contributed by atoms with E-state index in [0.717, 1.165) is 38.5 Å². The highest BCUT2D eigenvalue weighted by atomic mass is 32.2. The molecule has 2 aromatic carbocycles. The highest BCUT2D eigenvalue weighted by molar-refractivity contribution is 7.92. The summed E-state index contributed by atoms with van der Waals surface area (Å²) in [6.45, 7) is 0. The minimum atomic E-state index is -4.58. The van der Waals surface area contributed by atoms with Gasteiger partial charge in [-0.05, 0) is 42.5 Å². The summed E-state index contributed by atoms with van der Waals surface area (Å²) in [5.74, 6) is -1.83. The second kappa shape index (κ2) is 7.89. The number of benzene rings is 2. The number of nitrogens with one attached hydrogen (secondary N) is 1. The zero-order chi connectivity index (χ0) is 21.1. The van der Waals surface area contributed by atoms with Gasteiger partial charge in [0.05, 0.1) is 30.9 Å². The number of sulfonamides is 1. The second-order valence-corrected chi connectivity index (χ2v) is 7.03. The van der Waals surface area contributed by atoms with E-state index >= 15 is 0 Å². The third-order valence-corrected chi connectivity index (χ3v) is 4.98. The Labute approximate surface area is 158 Å². The SMILES string of the molecule is COC(=O)c1ccc(C(=O)OC)c(S(=O)(=O)Nc2ccc(C(F)(F)F)cc2)c1. The number of ether oxygens (including phenoxy) is 2. The molecule has 28 heavy (non-hydrogen) atoms. The summed E-state index contributed by atoms with van der Waals surface area (Å²) in [4.78, 5) is 23.0. The van der Waals surface area contributed by atoms with Crippen LogP contribution in [0, 0.1) is 0 Å². The van der Waals surface area contributed by atoms with Gasteiger partial charge in [-0.3, -0.25) is 4.72 Å². The van der Waals surface area contributed by atoms with Crippen LogP contribution < -0.4 is 4.72 Å². The number of carbonyl (C=O) groups is 2. The Morgan fingerprint density at radius 3 is 2.00 bits per heavy atom. The lowest BCUT2D eigenvalue weighted by Crippen LogP contribution is -2.19. The second-order valence-electron chi connectivity index (χ2n) is 5.37. The number of methoxy groups -OCH3 is 2. The Kier molecular flexibility index (Phi) is 5.98. The highest BCUT2D eigenvalue weighted by Gasteiger charge is 2.30. The summed E-state index contributed by atoms with van der Waals surface area (Å²) < 4.78 is 74.4. The van der Waals surface area contributed by atoms with Crippen molar-refractivity contribution < 1.29 is 40.7 Å². The molecule has 0 spiro atoms. The summed E-state index contributed by atoms with van der Waals surface area (Å²) in [6.07, 6.45) is -4.58. The Bertz CT molecular complexity index is 1000. The number of halogens is 3. The molecule has 2 rings (SSSR count). The first kappa shape index (κ1) is 21.2. The third-order valence-electron chi connectivity index (χ3n) is 3.56. The molecule has 1 N–H and O–H groups in total. The van der Waals surface area contributed by atoms with E-state index in [2.05, 4.69) is 14.2 Å². The van der Waals surface area contributed by atoms with E-state index in [1.54, 1.807) is 0 Å². The zero-order valence-corrected chi connectivity index (χ0v) is 15.3. The van der Waals surface area contributed by atoms with Crippen LogP contribution in [-0.2, 0) is 25.7 Å². The number of hydrogen-bond acceptors (Lipinski definition) is 6. The molecule has 0 aliphatic rings. The van der Waals surface area contributed by atoms with Crippen molar-refractivity contribution in [2.24, 2.45) is 0 Å². The molecular weight excluding hydrogens is 403 g/mol. The average molecular weight is 417 g/mol. The predicted octanol–water partition coefficient (Wildman–Crippen LogP) is 3.08. The third kappa shape index (κ3) is 4.60. The number of hydrogen-bond donors (Lipinski definition) is 1. The van der Waals surface area contributed by atoms with E-state index < -0.39 is 38.6 Å². The zero-order valence-electron chi connectivity index (χ0n) is 14.5. The topological polar surface area (TPSA) is 98.8 Å². The van der Waals surface area contributed by atoms with Crippen LogP contribution in [0.3, 0.4) is 0 Å². The van der Waals surface area contributed by atoms with Crippen molar-refractivity contribution in [3.63, 3.8) is 0 Å². The first-order valence-electron chi connectivity index (χ1n) is 7.50. The molecule has 0 aromatic heterocycles. The summed E-state index contributed by atoms with van der Waals surface area (Å²) in [6, 6.07) is 6.39. The van der Waals surface area contributed by atoms with E-state index in [1.807, 2.05) is 0 Å². The molecule has 0 radical (unpaired) electrons. The van der Waals surface area contributed by atoms with Crippen LogP contribution in [0.15, 0.2) is 47.4 Å². The van der Waals surface area contributed by atoms with Gasteiger partial charge in [-0.25, -0.2) is 18.0 Å². The molecule has 150 valence electrons. The van der Waals surface area contributed by atoms with Gasteiger partial charge in [-0.2, -0.15) is 13.2 Å². The molecule has 11 heteroatoms. The fraction of sp³-hybridized carbons (Fsp3) is 0.176. The molecule has 0 unspecified atom stereocenters. The summed E-state index contributed by atoms with van der Waals surface area (Å²) in [5.41, 5.74) is -1.65. The molecule has 0 heterocycles. The lowest BCUT2D eigenvalue weighted by molar-refractivity contribution is -0.137. The Morgan fingerprint density at radius 2 is 1.50 bits per heavy atom. The largest absolute Gasteiger partial charge is 0.465 e. The standard InChI is InChI=1S/C17H14F3NO6S/c1-26-15(22)10-3-8-13(16(23)27-2)14(9-10)28(24,25)21-12-6-4-11(5-7-12)17(18,19)20/h3-9,21H,1-2H3. The van der Waals surface area contributed by atoms with E-state index in [9.17, 15) is 31.2 Å². The van der Waals surface area contributed by atoms with Gasteiger partial charge < -0.3 is 9.47 Å². The maximum Gasteiger partial charge on any atom is 0.416 e. The lowest BCUT2D eigenvalue weighted by Gasteiger charge is -2.13. The Balaban J connectivity index is 2.48. The number of anilines is 1. The fourth-order valence-corrected chi connectivity index (χ4v) is 3.48. The Morgan fingerprint density at radius 1 is 0.929 bits per heavy atom. The molecule has 7 nitrogen and oxygen atoms in total. The van der Waals surface area contributed by atoms with Gasteiger partial charge in [0.25, 0.3) is 10.0 Å². The van der Waals surface area contributed by atoms with Gasteiger partial charge in [0.15, 0.2) is 0 Å². The van der Waals surface area contributed by atoms with Crippen molar-refractivity contribution >= 4 is 27.6 Å². The van der Waals surface area contributed by atoms with E-state index in [0.29, 0.717) is 12.1 Å². The van der Waals surface area contributed by atoms with Crippen molar-refractivity contribution in [1.29, 1.82) is 0 Å². The van der Waals surface area contributed by atoms with Gasteiger partial charge in [0, 0.05) is 5.69 Å². The van der Waals surface area contributed by atoms with Crippen LogP contribution in [0.1, 0.15) is 26.3 Å². The molecule has 0 amide bonds. The number of alkyl halides is 3. The lowest BCUT2D eigenvalue weighted by atomic mass is 10.1. The van der Waals surface area contributed by atoms with Crippen LogP contribution in [0.2, 0.25) is 0 Å². The molecule has 0 atom stereocenters. The van der Waals surface area contributed by atoms with Gasteiger partial charge in [-0.15, -0.1) is 0 Å². The number of carbonyl (C=O) groups excluding carboxylic acids is 2. The summed E-state index contributed by atoms with van der Waals surface area (Å²) in [5, 5.41) is 0. The first-order valence-corrected chi connectivity index (χ1v) is 8.98. The van der Waals surface area contributed by atoms with Crippen molar-refractivity contribution in [1.82, 2.24) is 0 Å². The highest BCUT2D eigenvalue weighted by Crippen LogP contribution is 2.30. The minimum Gasteiger partial charge on any atom is -0.465 e. The van der Waals surface area contributed by atoms with Gasteiger partial charge in [0.1, 0.15) is 4.90 Å². The maximum absolute atomic E-state index is 12.7. The molecule has 0 saturated heterocycles. The van der Waals surface area contributed by atoms with E-state index in [4.69, 9.17) is 0 Å². The van der Waals surface area contributed by atoms with Gasteiger partial charge in [0.2, 0.25) is 0 Å². The molecule has 0 fully saturated rings. The quantitative estimate of drug-likeness (QED) is 0.751. The normalized spacial score (nSPS) is 11.6. The summed E-state index contributed by atoms with van der Waals surface area (Å²) in [7, 11) is -2.33. The predicted molar refractivity (Wildman–Crippen MR) is 91.4 cm³/mol. The van der Waals surface area contributed by atoms with E-state index in [-0.39, 0.29) is 16.8 Å². The maximum atomic E-state index is 12.7. The van der Waals surface area contributed by atoms with Gasteiger partial charge in [-0.1, -0.05) is 0 Å². The molecule has 0 bridgehead atoms. The first-order chi connectivity index (χ1) is 13.0. The number of rotatable bonds is 5. The average Bonchev–Trinajstić information content (AvgIpc) is 2.65. The van der Waals surface area contributed by atoms with Gasteiger partial charge >= 0.3 is 18.1 Å². The summed E-state index contributed by atoms with van der Waals surface area (Å²) >= 11 is 0. The minimum absolute atomic E-state index is 0.150. The van der Waals surface area contributed by atoms with Crippen molar-refractivity contribution in [2.45, 2.75) is 11.1 Å². The van der Waals surface area contributed by atoms with Crippen LogP contribution in [0.4, 0.5) is 18.9 Å². The molecule has 0 saturated carbocycles. The van der Waals surface area contributed by atoms with Crippen LogP contribution in [0.5, 0.6) is 0 Å². The van der Waals surface area contributed by atoms with E-state index in [1.165, 1.54) is 6.07 Å². The van der Waals surface area contributed by atoms with Crippen molar-refractivity contribution in [3.8, 4) is 0 Å². The van der Waals surface area contributed by atoms with Crippen molar-refractivity contribution in [2.75, 3.05) is 18.9 Å². The fourth-order valence-electron chi connectivity index (χ4n) is 2.21. The van der Waals surface area contributed by atoms with Crippen LogP contribution in [-0.4, -0.2) is 34.6 Å². The molecule has 0 aliphatic carbocycles. The number of esters is 2. The van der Waals surface area contributed by atoms with Crippen LogP contribution >= 0.6 is 0 Å². The molecule has 0 aliphatic heterocycles. The monoisotopic (exact) mass is 417 g/mol. The Hall–Kier alpha value is -3.08. The van der Waals surface area contributed by atoms with Crippen LogP contribution in [0.25, 0.3) is 0 Å². The molecule has 2 aromatic rings. The molecular formula is C17H14F3NO6S. The smallest absolute Gasteiger partial charge is 0.416 e.